The van der Waals surface area contributed by atoms with Gasteiger partial charge in [-0.15, -0.1) is 21.5 Å². The van der Waals surface area contributed by atoms with Crippen molar-refractivity contribution in [1.82, 2.24) is 40.0 Å². The molecule has 60 heavy (non-hydrogen) atoms. The Morgan fingerprint density at radius 3 is 2.52 bits per heavy atom. The summed E-state index contributed by atoms with van der Waals surface area (Å²) in [6.45, 7) is 12.1. The topological polar surface area (TPSA) is 178 Å². The predicted molar refractivity (Wildman–Crippen MR) is 230 cm³/mol. The van der Waals surface area contributed by atoms with Crippen molar-refractivity contribution in [2.75, 3.05) is 39.8 Å². The predicted octanol–water partition coefficient (Wildman–Crippen LogP) is 6.34. The molecule has 2 aliphatic heterocycles. The largest absolute Gasteiger partial charge is 0.507 e. The molecule has 0 spiro atoms. The highest BCUT2D eigenvalue weighted by molar-refractivity contribution is 7.13. The molecule has 14 nitrogen and oxygen atoms in total. The van der Waals surface area contributed by atoms with E-state index in [1.165, 1.54) is 7.05 Å². The number of nitrogens with two attached hydrogens (primary N) is 1. The number of benzene rings is 2. The summed E-state index contributed by atoms with van der Waals surface area (Å²) in [5.74, 6) is 1.14. The summed E-state index contributed by atoms with van der Waals surface area (Å²) in [7, 11) is 1.50. The monoisotopic (exact) mass is 831 g/mol. The molecule has 3 fully saturated rings. The zero-order valence-electron chi connectivity index (χ0n) is 34.7. The molecule has 2 aromatic carbocycles. The number of aromatic hydroxyl groups is 1. The standard InChI is InChI=1S/C44H48N8O5S.CH5N/c1-25(2)40(44(55)51-15-7-9-35(51)43(54)45-21-28-11-13-29(14-12-28)42-27(4)46-24-58-42)38-20-39(49-57-38)56-17-16-50-22-31-32(23-50)41(31)52-26(3)18-34-36(52)19-33(47-48-34)30-8-5-6-10-37(30)53;1-2/h5-6,8,10-14,18-20,24-25,31-32,35,40-41,53H,7,9,15-17,21-23H2,1-4H3,(H,45,54);2H2,1H3. The number of aryl methyl sites for hydroxylation is 2. The normalized spacial score (nSPS) is 20.2. The number of nitrogens with zero attached hydrogens (tertiary/aromatic N) is 7. The smallest absolute Gasteiger partial charge is 0.254 e. The van der Waals surface area contributed by atoms with E-state index in [2.05, 4.69) is 66.0 Å². The van der Waals surface area contributed by atoms with E-state index in [0.29, 0.717) is 66.9 Å². The minimum Gasteiger partial charge on any atom is -0.507 e. The second-order valence-corrected chi connectivity index (χ2v) is 17.1. The molecule has 3 aliphatic rings. The Balaban J connectivity index is 0.00000246. The first-order chi connectivity index (χ1) is 29.1. The molecular weight excluding hydrogens is 779 g/mol. The number of ether oxygens (including phenoxy) is 1. The Morgan fingerprint density at radius 1 is 1.03 bits per heavy atom. The Morgan fingerprint density at radius 2 is 1.80 bits per heavy atom. The Hall–Kier alpha value is -5.64. The van der Waals surface area contributed by atoms with Gasteiger partial charge in [-0.05, 0) is 92.0 Å². The number of carbonyl (C=O) groups excluding carboxylic acids is 2. The maximum absolute atomic E-state index is 14.1. The SMILES string of the molecule is CN.Cc1ncsc1-c1ccc(CNC(=O)C2CCCN2C(=O)C(c2cc(OCCN3CC4C(C3)C4n3c(C)cc4nnc(-c5ccccc5O)cc43)no2)C(C)C)cc1. The number of phenolic OH excluding ortho intramolecular Hbond substituents is 1. The van der Waals surface area contributed by atoms with E-state index >= 15 is 0 Å². The van der Waals surface area contributed by atoms with Crippen LogP contribution in [0.1, 0.15) is 61.4 Å². The molecule has 314 valence electrons. The van der Waals surface area contributed by atoms with Crippen LogP contribution < -0.4 is 15.8 Å². The number of rotatable bonds is 13. The highest BCUT2D eigenvalue weighted by atomic mass is 32.1. The van der Waals surface area contributed by atoms with Crippen LogP contribution in [-0.2, 0) is 16.1 Å². The van der Waals surface area contributed by atoms with Crippen LogP contribution in [-0.4, -0.2) is 97.5 Å². The van der Waals surface area contributed by atoms with Gasteiger partial charge in [0.2, 0.25) is 11.8 Å². The molecule has 0 bridgehead atoms. The van der Waals surface area contributed by atoms with E-state index in [1.54, 1.807) is 34.4 Å². The van der Waals surface area contributed by atoms with Gasteiger partial charge in [0, 0.05) is 56.1 Å². The number of thiazole rings is 1. The van der Waals surface area contributed by atoms with Gasteiger partial charge in [-0.25, -0.2) is 4.98 Å². The number of amides is 2. The van der Waals surface area contributed by atoms with Crippen LogP contribution >= 0.6 is 11.3 Å². The number of para-hydroxylation sites is 1. The van der Waals surface area contributed by atoms with Gasteiger partial charge in [-0.2, -0.15) is 0 Å². The van der Waals surface area contributed by atoms with Crippen LogP contribution in [0.2, 0.25) is 0 Å². The van der Waals surface area contributed by atoms with Gasteiger partial charge >= 0.3 is 0 Å². The number of likely N-dealkylation sites (tertiary alicyclic amines) is 2. The van der Waals surface area contributed by atoms with Crippen LogP contribution in [0.5, 0.6) is 11.6 Å². The van der Waals surface area contributed by atoms with Crippen molar-refractivity contribution in [3.8, 4) is 33.3 Å². The molecule has 6 heterocycles. The lowest BCUT2D eigenvalue weighted by Gasteiger charge is -2.28. The van der Waals surface area contributed by atoms with E-state index in [4.69, 9.17) is 9.26 Å². The van der Waals surface area contributed by atoms with E-state index < -0.39 is 12.0 Å². The molecule has 4 N–H and O–H groups in total. The highest BCUT2D eigenvalue weighted by Crippen LogP contribution is 2.56. The van der Waals surface area contributed by atoms with Gasteiger partial charge in [0.15, 0.2) is 5.76 Å². The number of phenols is 1. The van der Waals surface area contributed by atoms with Crippen molar-refractivity contribution < 1.29 is 24.0 Å². The number of hydrogen-bond acceptors (Lipinski definition) is 12. The lowest BCUT2D eigenvalue weighted by atomic mass is 9.91. The van der Waals surface area contributed by atoms with Gasteiger partial charge < -0.3 is 34.9 Å². The van der Waals surface area contributed by atoms with Crippen LogP contribution in [0.4, 0.5) is 0 Å². The zero-order valence-corrected chi connectivity index (χ0v) is 35.6. The number of aromatic nitrogens is 5. The molecule has 1 saturated carbocycles. The molecule has 4 aromatic heterocycles. The lowest BCUT2D eigenvalue weighted by Crippen LogP contribution is -2.47. The molecular formula is C45H53N9O5S. The maximum Gasteiger partial charge on any atom is 0.254 e. The number of nitrogens with one attached hydrogen (secondary N) is 1. The molecule has 9 rings (SSSR count). The van der Waals surface area contributed by atoms with Crippen LogP contribution in [0.25, 0.3) is 32.7 Å². The molecule has 2 amide bonds. The summed E-state index contributed by atoms with van der Waals surface area (Å²) in [4.78, 5) is 37.1. The summed E-state index contributed by atoms with van der Waals surface area (Å²) in [5, 5.41) is 26.6. The number of fused-ring (bicyclic) bond motifs is 2. The summed E-state index contributed by atoms with van der Waals surface area (Å²) in [6.07, 6.45) is 1.38. The van der Waals surface area contributed by atoms with E-state index in [0.717, 1.165) is 64.5 Å². The third-order valence-electron chi connectivity index (χ3n) is 12.2. The van der Waals surface area contributed by atoms with Crippen LogP contribution in [0.15, 0.2) is 76.8 Å². The van der Waals surface area contributed by atoms with E-state index in [1.807, 2.05) is 56.6 Å². The number of hydrogen-bond donors (Lipinski definition) is 3. The van der Waals surface area contributed by atoms with Crippen molar-refractivity contribution in [3.63, 3.8) is 0 Å². The summed E-state index contributed by atoms with van der Waals surface area (Å²) in [5.41, 5.74) is 13.9. The van der Waals surface area contributed by atoms with Crippen molar-refractivity contribution in [2.24, 2.45) is 23.5 Å². The lowest BCUT2D eigenvalue weighted by molar-refractivity contribution is -0.140. The van der Waals surface area contributed by atoms with E-state index in [9.17, 15) is 14.7 Å². The Bertz CT molecular complexity index is 2450. The fraction of sp³-hybridized carbons (Fsp3) is 0.422. The summed E-state index contributed by atoms with van der Waals surface area (Å²) in [6, 6.07) is 21.1. The molecule has 2 saturated heterocycles. The molecule has 15 heteroatoms. The summed E-state index contributed by atoms with van der Waals surface area (Å²) >= 11 is 1.61. The van der Waals surface area contributed by atoms with Gasteiger partial charge in [-0.3, -0.25) is 14.5 Å². The van der Waals surface area contributed by atoms with Crippen LogP contribution in [0, 0.1) is 31.6 Å². The Kier molecular flexibility index (Phi) is 12.0. The van der Waals surface area contributed by atoms with E-state index in [-0.39, 0.29) is 23.5 Å². The highest BCUT2D eigenvalue weighted by Gasteiger charge is 2.57. The van der Waals surface area contributed by atoms with Crippen LogP contribution in [0.3, 0.4) is 0 Å². The average Bonchev–Trinajstić information content (AvgIpc) is 3.96. The van der Waals surface area contributed by atoms with Crippen molar-refractivity contribution in [1.29, 1.82) is 0 Å². The first-order valence-corrected chi connectivity index (χ1v) is 21.6. The van der Waals surface area contributed by atoms with Gasteiger partial charge in [0.05, 0.1) is 27.3 Å². The summed E-state index contributed by atoms with van der Waals surface area (Å²) < 4.78 is 14.2. The maximum atomic E-state index is 14.1. The van der Waals surface area contributed by atoms with Gasteiger partial charge in [0.25, 0.3) is 5.88 Å². The Labute approximate surface area is 353 Å². The molecule has 4 unspecified atom stereocenters. The fourth-order valence-electron chi connectivity index (χ4n) is 9.15. The minimum atomic E-state index is -0.586. The first kappa shape index (κ1) is 41.1. The van der Waals surface area contributed by atoms with Crippen molar-refractivity contribution in [2.45, 2.75) is 65.1 Å². The van der Waals surface area contributed by atoms with Crippen molar-refractivity contribution >= 4 is 34.2 Å². The van der Waals surface area contributed by atoms with Crippen molar-refractivity contribution in [3.05, 3.63) is 95.0 Å². The van der Waals surface area contributed by atoms with Gasteiger partial charge in [0.1, 0.15) is 29.8 Å². The molecule has 6 aromatic rings. The number of carbonyl (C=O) groups is 2. The molecule has 1 aliphatic carbocycles. The molecule has 4 atom stereocenters. The second-order valence-electron chi connectivity index (χ2n) is 16.3. The third-order valence-corrected chi connectivity index (χ3v) is 13.1. The number of piperidine rings is 1. The second kappa shape index (κ2) is 17.5. The average molecular weight is 832 g/mol. The molecule has 0 radical (unpaired) electrons. The third kappa shape index (κ3) is 8.13. The first-order valence-electron chi connectivity index (χ1n) is 20.7. The minimum absolute atomic E-state index is 0.0762. The quantitative estimate of drug-likeness (QED) is 0.118. The zero-order chi connectivity index (χ0) is 42.1. The van der Waals surface area contributed by atoms with Gasteiger partial charge in [-0.1, -0.05) is 50.2 Å². The fourth-order valence-corrected chi connectivity index (χ4v) is 9.96.